The largest absolute Gasteiger partial charge is 0.308 e. The highest BCUT2D eigenvalue weighted by Gasteiger charge is 2.29. The average Bonchev–Trinajstić information content (AvgIpc) is 3.24. The third kappa shape index (κ3) is 6.03. The van der Waals surface area contributed by atoms with Crippen molar-refractivity contribution in [3.63, 3.8) is 0 Å². The zero-order chi connectivity index (χ0) is 24.5. The Hall–Kier alpha value is -2.04. The van der Waals surface area contributed by atoms with E-state index < -0.39 is 10.0 Å². The molecule has 1 saturated heterocycles. The van der Waals surface area contributed by atoms with E-state index in [0.717, 1.165) is 28.6 Å². The van der Waals surface area contributed by atoms with Gasteiger partial charge in [0.15, 0.2) is 5.13 Å². The Bertz CT molecular complexity index is 1280. The second-order valence-corrected chi connectivity index (χ2v) is 12.3. The molecular weight excluding hydrogens is 504 g/mol. The number of aryl methyl sites for hydroxylation is 1. The molecule has 7 nitrogen and oxygen atoms in total. The van der Waals surface area contributed by atoms with Crippen molar-refractivity contribution in [2.75, 3.05) is 45.2 Å². The number of hydrogen-bond acceptors (Lipinski definition) is 6. The van der Waals surface area contributed by atoms with Crippen LogP contribution < -0.4 is 4.90 Å². The molecule has 2 heterocycles. The molecule has 35 heavy (non-hydrogen) atoms. The Morgan fingerprint density at radius 1 is 1.14 bits per heavy atom. The number of sulfonamides is 1. The number of aromatic nitrogens is 1. The first-order valence-corrected chi connectivity index (χ1v) is 13.9. The van der Waals surface area contributed by atoms with Crippen molar-refractivity contribution < 1.29 is 13.2 Å². The number of rotatable bonds is 7. The van der Waals surface area contributed by atoms with Gasteiger partial charge < -0.3 is 4.90 Å². The SMILES string of the molecule is Cc1cccc2sc(N(CCN(C)C)C(=O)c3ccc(S(=O)(=O)N4CCCC(C)C4)cc3)nc12.Cl. The standard InChI is InChI=1S/C25H32N4O3S2.ClH/c1-18-7-6-14-28(17-18)34(31,32)21-12-10-20(11-13-21)24(30)29(16-15-27(3)4)25-26-23-19(2)8-5-9-22(23)33-25;/h5,8-13,18H,6-7,14-17H2,1-4H3;1H. The molecule has 1 aliphatic heterocycles. The van der Waals surface area contributed by atoms with Crippen molar-refractivity contribution >= 4 is 55.0 Å². The van der Waals surface area contributed by atoms with Crippen LogP contribution in [0.4, 0.5) is 5.13 Å². The molecule has 4 rings (SSSR count). The number of fused-ring (bicyclic) bond motifs is 1. The van der Waals surface area contributed by atoms with Gasteiger partial charge in [0.1, 0.15) is 0 Å². The van der Waals surface area contributed by atoms with Crippen LogP contribution in [0.3, 0.4) is 0 Å². The summed E-state index contributed by atoms with van der Waals surface area (Å²) in [5, 5.41) is 0.648. The van der Waals surface area contributed by atoms with E-state index in [4.69, 9.17) is 4.98 Å². The summed E-state index contributed by atoms with van der Waals surface area (Å²) in [6.45, 7) is 6.34. The number of para-hydroxylation sites is 1. The highest BCUT2D eigenvalue weighted by atomic mass is 35.5. The Morgan fingerprint density at radius 3 is 2.49 bits per heavy atom. The number of nitrogens with zero attached hydrogens (tertiary/aromatic N) is 4. The van der Waals surface area contributed by atoms with Crippen molar-refractivity contribution in [3.05, 3.63) is 53.6 Å². The number of hydrogen-bond donors (Lipinski definition) is 0. The van der Waals surface area contributed by atoms with Gasteiger partial charge in [-0.05, 0) is 75.7 Å². The molecule has 0 aliphatic carbocycles. The first-order valence-electron chi connectivity index (χ1n) is 11.6. The minimum atomic E-state index is -3.56. The van der Waals surface area contributed by atoms with Gasteiger partial charge in [0, 0.05) is 31.7 Å². The van der Waals surface area contributed by atoms with E-state index in [0.29, 0.717) is 42.8 Å². The predicted octanol–water partition coefficient (Wildman–Crippen LogP) is 4.66. The van der Waals surface area contributed by atoms with Crippen LogP contribution in [0.2, 0.25) is 0 Å². The highest BCUT2D eigenvalue weighted by Crippen LogP contribution is 2.31. The van der Waals surface area contributed by atoms with Crippen LogP contribution in [-0.2, 0) is 10.0 Å². The smallest absolute Gasteiger partial charge is 0.260 e. The summed E-state index contributed by atoms with van der Waals surface area (Å²) in [4.78, 5) is 22.3. The lowest BCUT2D eigenvalue weighted by molar-refractivity contribution is 0.0985. The molecule has 2 aromatic carbocycles. The van der Waals surface area contributed by atoms with Crippen molar-refractivity contribution in [2.24, 2.45) is 5.92 Å². The lowest BCUT2D eigenvalue weighted by Gasteiger charge is -2.30. The number of benzene rings is 2. The fourth-order valence-electron chi connectivity index (χ4n) is 4.21. The van der Waals surface area contributed by atoms with Crippen molar-refractivity contribution in [2.45, 2.75) is 31.6 Å². The molecule has 0 N–H and O–H groups in total. The van der Waals surface area contributed by atoms with E-state index in [1.807, 2.05) is 44.1 Å². The molecule has 0 saturated carbocycles. The van der Waals surface area contributed by atoms with Crippen LogP contribution in [0.1, 0.15) is 35.7 Å². The van der Waals surface area contributed by atoms with Gasteiger partial charge in [-0.15, -0.1) is 12.4 Å². The quantitative estimate of drug-likeness (QED) is 0.439. The maximum Gasteiger partial charge on any atom is 0.260 e. The monoisotopic (exact) mass is 536 g/mol. The number of amides is 1. The fraction of sp³-hybridized carbons (Fsp3) is 0.440. The molecule has 1 atom stereocenters. The van der Waals surface area contributed by atoms with Crippen LogP contribution in [0.5, 0.6) is 0 Å². The fourth-order valence-corrected chi connectivity index (χ4v) is 6.88. The molecule has 1 fully saturated rings. The summed E-state index contributed by atoms with van der Waals surface area (Å²) in [5.74, 6) is 0.168. The minimum Gasteiger partial charge on any atom is -0.308 e. The van der Waals surface area contributed by atoms with Gasteiger partial charge in [0.25, 0.3) is 5.91 Å². The third-order valence-corrected chi connectivity index (χ3v) is 9.14. The summed E-state index contributed by atoms with van der Waals surface area (Å²) < 4.78 is 28.8. The minimum absolute atomic E-state index is 0. The van der Waals surface area contributed by atoms with E-state index >= 15 is 0 Å². The van der Waals surface area contributed by atoms with E-state index in [1.54, 1.807) is 33.5 Å². The first-order chi connectivity index (χ1) is 16.2. The third-order valence-electron chi connectivity index (χ3n) is 6.22. The Labute approximate surface area is 218 Å². The van der Waals surface area contributed by atoms with E-state index in [2.05, 4.69) is 6.92 Å². The van der Waals surface area contributed by atoms with Crippen molar-refractivity contribution in [1.29, 1.82) is 0 Å². The maximum atomic E-state index is 13.5. The number of carbonyl (C=O) groups is 1. The first kappa shape index (κ1) is 27.5. The van der Waals surface area contributed by atoms with Gasteiger partial charge in [-0.2, -0.15) is 4.31 Å². The number of carbonyl (C=O) groups excluding carboxylic acids is 1. The number of piperidine rings is 1. The number of thiazole rings is 1. The van der Waals surface area contributed by atoms with Crippen LogP contribution in [-0.4, -0.2) is 68.8 Å². The van der Waals surface area contributed by atoms with E-state index in [9.17, 15) is 13.2 Å². The van der Waals surface area contributed by atoms with Gasteiger partial charge in [0.05, 0.1) is 15.1 Å². The summed E-state index contributed by atoms with van der Waals surface area (Å²) in [6, 6.07) is 12.4. The second kappa shape index (κ2) is 11.3. The van der Waals surface area contributed by atoms with Gasteiger partial charge in [-0.1, -0.05) is 30.4 Å². The van der Waals surface area contributed by atoms with Crippen molar-refractivity contribution in [3.8, 4) is 0 Å². The molecule has 190 valence electrons. The zero-order valence-electron chi connectivity index (χ0n) is 20.6. The molecule has 0 radical (unpaired) electrons. The normalized spacial score (nSPS) is 16.9. The Morgan fingerprint density at radius 2 is 1.86 bits per heavy atom. The lowest BCUT2D eigenvalue weighted by Crippen LogP contribution is -2.39. The molecule has 0 bridgehead atoms. The Balaban J connectivity index is 0.00000342. The number of likely N-dealkylation sites (N-methyl/N-ethyl adjacent to an activating group) is 1. The summed E-state index contributed by atoms with van der Waals surface area (Å²) >= 11 is 1.49. The molecule has 0 spiro atoms. The van der Waals surface area contributed by atoms with Crippen LogP contribution in [0.25, 0.3) is 10.2 Å². The van der Waals surface area contributed by atoms with Crippen LogP contribution >= 0.6 is 23.7 Å². The van der Waals surface area contributed by atoms with E-state index in [-0.39, 0.29) is 23.2 Å². The Kier molecular flexibility index (Phi) is 8.93. The molecule has 1 unspecified atom stereocenters. The van der Waals surface area contributed by atoms with E-state index in [1.165, 1.54) is 11.3 Å². The maximum absolute atomic E-state index is 13.5. The van der Waals surface area contributed by atoms with Gasteiger partial charge >= 0.3 is 0 Å². The molecule has 1 aliphatic rings. The predicted molar refractivity (Wildman–Crippen MR) is 145 cm³/mol. The number of anilines is 1. The second-order valence-electron chi connectivity index (χ2n) is 9.31. The molecular formula is C25H33ClN4O3S2. The van der Waals surface area contributed by atoms with Gasteiger partial charge in [0.2, 0.25) is 10.0 Å². The molecule has 1 amide bonds. The summed E-state index contributed by atoms with van der Waals surface area (Å²) in [7, 11) is 0.367. The topological polar surface area (TPSA) is 73.8 Å². The molecule has 1 aromatic heterocycles. The number of halogens is 1. The molecule has 10 heteroatoms. The van der Waals surface area contributed by atoms with Crippen LogP contribution in [0, 0.1) is 12.8 Å². The van der Waals surface area contributed by atoms with Crippen LogP contribution in [0.15, 0.2) is 47.4 Å². The molecule has 3 aromatic rings. The van der Waals surface area contributed by atoms with Crippen molar-refractivity contribution in [1.82, 2.24) is 14.2 Å². The average molecular weight is 537 g/mol. The summed E-state index contributed by atoms with van der Waals surface area (Å²) in [5.41, 5.74) is 2.42. The zero-order valence-corrected chi connectivity index (χ0v) is 23.0. The lowest BCUT2D eigenvalue weighted by atomic mass is 10.0. The summed E-state index contributed by atoms with van der Waals surface area (Å²) in [6.07, 6.45) is 1.92. The van der Waals surface area contributed by atoms with Gasteiger partial charge in [-0.3, -0.25) is 9.69 Å². The highest BCUT2D eigenvalue weighted by molar-refractivity contribution is 7.89. The van der Waals surface area contributed by atoms with Gasteiger partial charge in [-0.25, -0.2) is 13.4 Å².